The fourth-order valence-electron chi connectivity index (χ4n) is 3.75. The first-order valence-electron chi connectivity index (χ1n) is 10.2. The number of benzene rings is 1. The lowest BCUT2D eigenvalue weighted by Crippen LogP contribution is -2.46. The highest BCUT2D eigenvalue weighted by Gasteiger charge is 2.19. The molecule has 0 aromatic heterocycles. The first-order chi connectivity index (χ1) is 12.7. The minimum absolute atomic E-state index is 0.153. The van der Waals surface area contributed by atoms with Gasteiger partial charge in [-0.05, 0) is 56.2 Å². The zero-order valence-corrected chi connectivity index (χ0v) is 16.3. The Balaban J connectivity index is 1.58. The summed E-state index contributed by atoms with van der Waals surface area (Å²) in [4.78, 5) is 9.58. The minimum Gasteiger partial charge on any atom is -0.393 e. The molecule has 26 heavy (non-hydrogen) atoms. The van der Waals surface area contributed by atoms with Crippen molar-refractivity contribution in [3.8, 4) is 0 Å². The van der Waals surface area contributed by atoms with Gasteiger partial charge in [-0.3, -0.25) is 0 Å². The lowest BCUT2D eigenvalue weighted by atomic mass is 9.99. The van der Waals surface area contributed by atoms with Crippen LogP contribution in [0.5, 0.6) is 0 Å². The van der Waals surface area contributed by atoms with Gasteiger partial charge in [0.15, 0.2) is 5.96 Å². The number of aliphatic hydroxyl groups is 1. The van der Waals surface area contributed by atoms with E-state index < -0.39 is 0 Å². The zero-order valence-electron chi connectivity index (χ0n) is 16.3. The van der Waals surface area contributed by atoms with E-state index >= 15 is 0 Å². The van der Waals surface area contributed by atoms with Crippen molar-refractivity contribution in [3.63, 3.8) is 0 Å². The van der Waals surface area contributed by atoms with Crippen molar-refractivity contribution in [1.82, 2.24) is 10.2 Å². The molecule has 0 aliphatic carbocycles. The minimum atomic E-state index is -0.153. The second kappa shape index (κ2) is 9.26. The molecule has 0 unspecified atom stereocenters. The van der Waals surface area contributed by atoms with Crippen molar-refractivity contribution in [2.45, 2.75) is 52.2 Å². The van der Waals surface area contributed by atoms with E-state index in [4.69, 9.17) is 4.99 Å². The second-order valence-electron chi connectivity index (χ2n) is 7.72. The van der Waals surface area contributed by atoms with Gasteiger partial charge in [-0.25, -0.2) is 4.99 Å². The van der Waals surface area contributed by atoms with Crippen LogP contribution in [-0.4, -0.2) is 54.8 Å². The van der Waals surface area contributed by atoms with Gasteiger partial charge in [0, 0.05) is 38.4 Å². The van der Waals surface area contributed by atoms with Crippen LogP contribution < -0.4 is 10.2 Å². The maximum Gasteiger partial charge on any atom is 0.194 e. The van der Waals surface area contributed by atoms with Gasteiger partial charge >= 0.3 is 0 Å². The smallest absolute Gasteiger partial charge is 0.194 e. The van der Waals surface area contributed by atoms with Crippen LogP contribution in [0.1, 0.15) is 45.1 Å². The number of guanidine groups is 1. The molecule has 1 aromatic rings. The van der Waals surface area contributed by atoms with Gasteiger partial charge < -0.3 is 20.2 Å². The molecule has 2 heterocycles. The number of aliphatic hydroxyl groups excluding tert-OH is 1. The molecule has 0 spiro atoms. The lowest BCUT2D eigenvalue weighted by molar-refractivity contribution is 0.108. The summed E-state index contributed by atoms with van der Waals surface area (Å²) in [5, 5.41) is 13.1. The van der Waals surface area contributed by atoms with Gasteiger partial charge in [0.25, 0.3) is 0 Å². The van der Waals surface area contributed by atoms with E-state index in [2.05, 4.69) is 53.2 Å². The molecule has 0 radical (unpaired) electrons. The number of nitrogens with zero attached hydrogens (tertiary/aromatic N) is 3. The molecule has 2 N–H and O–H groups in total. The Morgan fingerprint density at radius 2 is 1.73 bits per heavy atom. The summed E-state index contributed by atoms with van der Waals surface area (Å²) in [6.45, 7) is 10.1. The molecule has 2 aliphatic rings. The summed E-state index contributed by atoms with van der Waals surface area (Å²) in [6.07, 6.45) is 4.09. The molecule has 2 saturated heterocycles. The van der Waals surface area contributed by atoms with Crippen molar-refractivity contribution in [2.24, 2.45) is 10.9 Å². The molecule has 0 amide bonds. The molecule has 1 aromatic carbocycles. The van der Waals surface area contributed by atoms with Crippen LogP contribution >= 0.6 is 0 Å². The van der Waals surface area contributed by atoms with E-state index in [1.807, 2.05) is 0 Å². The van der Waals surface area contributed by atoms with Gasteiger partial charge in [-0.1, -0.05) is 19.1 Å². The molecule has 5 nitrogen and oxygen atoms in total. The maximum absolute atomic E-state index is 9.70. The van der Waals surface area contributed by atoms with Gasteiger partial charge in [-0.2, -0.15) is 0 Å². The van der Waals surface area contributed by atoms with Crippen LogP contribution in [0.25, 0.3) is 0 Å². The zero-order chi connectivity index (χ0) is 18.4. The Hall–Kier alpha value is -1.75. The van der Waals surface area contributed by atoms with Crippen molar-refractivity contribution in [1.29, 1.82) is 0 Å². The molecular formula is C21H34N4O. The summed E-state index contributed by atoms with van der Waals surface area (Å²) in [5.74, 6) is 1.83. The van der Waals surface area contributed by atoms with Crippen LogP contribution in [0.4, 0.5) is 5.69 Å². The maximum atomic E-state index is 9.70. The molecule has 2 fully saturated rings. The lowest BCUT2D eigenvalue weighted by Gasteiger charge is -2.32. The Kier molecular flexibility index (Phi) is 6.78. The SMILES string of the molecule is CCNC(=NCc1ccc(N2CCC(C)CC2)cc1)N1CCC(O)CC1. The number of hydrogen-bond acceptors (Lipinski definition) is 3. The average molecular weight is 359 g/mol. The summed E-state index contributed by atoms with van der Waals surface area (Å²) in [6, 6.07) is 8.90. The molecule has 3 rings (SSSR count). The first kappa shape index (κ1) is 19.0. The number of aliphatic imine (C=N–C) groups is 1. The van der Waals surface area contributed by atoms with Crippen LogP contribution in [0.3, 0.4) is 0 Å². The molecular weight excluding hydrogens is 324 g/mol. The Labute approximate surface area is 158 Å². The fourth-order valence-corrected chi connectivity index (χ4v) is 3.75. The van der Waals surface area contributed by atoms with Gasteiger partial charge in [0.2, 0.25) is 0 Å². The van der Waals surface area contributed by atoms with Crippen molar-refractivity contribution in [2.75, 3.05) is 37.6 Å². The van der Waals surface area contributed by atoms with Crippen molar-refractivity contribution < 1.29 is 5.11 Å². The van der Waals surface area contributed by atoms with E-state index in [1.165, 1.54) is 37.2 Å². The molecule has 144 valence electrons. The van der Waals surface area contributed by atoms with Gasteiger partial charge in [0.05, 0.1) is 12.6 Å². The Morgan fingerprint density at radius 1 is 1.08 bits per heavy atom. The third kappa shape index (κ3) is 5.13. The van der Waals surface area contributed by atoms with Gasteiger partial charge in [0.1, 0.15) is 0 Å². The highest BCUT2D eigenvalue weighted by atomic mass is 16.3. The largest absolute Gasteiger partial charge is 0.393 e. The van der Waals surface area contributed by atoms with Crippen LogP contribution in [0.15, 0.2) is 29.3 Å². The van der Waals surface area contributed by atoms with Crippen molar-refractivity contribution >= 4 is 11.6 Å². The number of anilines is 1. The highest BCUT2D eigenvalue weighted by molar-refractivity contribution is 5.80. The normalized spacial score (nSPS) is 20.5. The number of rotatable bonds is 4. The average Bonchev–Trinajstić information content (AvgIpc) is 2.67. The van der Waals surface area contributed by atoms with Crippen LogP contribution in [0.2, 0.25) is 0 Å². The number of likely N-dealkylation sites (tertiary alicyclic amines) is 1. The predicted molar refractivity (Wildman–Crippen MR) is 109 cm³/mol. The molecule has 0 saturated carbocycles. The molecule has 0 atom stereocenters. The third-order valence-corrected chi connectivity index (χ3v) is 5.60. The van der Waals surface area contributed by atoms with E-state index in [1.54, 1.807) is 0 Å². The van der Waals surface area contributed by atoms with Crippen molar-refractivity contribution in [3.05, 3.63) is 29.8 Å². The van der Waals surface area contributed by atoms with Crippen LogP contribution in [-0.2, 0) is 6.54 Å². The standard InChI is InChI=1S/C21H34N4O/c1-3-22-21(25-14-10-20(26)11-15-25)23-16-18-4-6-19(7-5-18)24-12-8-17(2)9-13-24/h4-7,17,20,26H,3,8-16H2,1-2H3,(H,22,23). The van der Waals surface area contributed by atoms with E-state index in [0.29, 0.717) is 6.54 Å². The monoisotopic (exact) mass is 358 g/mol. The third-order valence-electron chi connectivity index (χ3n) is 5.60. The fraction of sp³-hybridized carbons (Fsp3) is 0.667. The number of hydrogen-bond donors (Lipinski definition) is 2. The van der Waals surface area contributed by atoms with E-state index in [-0.39, 0.29) is 6.10 Å². The number of nitrogens with one attached hydrogen (secondary N) is 1. The van der Waals surface area contributed by atoms with E-state index in [9.17, 15) is 5.11 Å². The number of piperidine rings is 2. The summed E-state index contributed by atoms with van der Waals surface area (Å²) in [7, 11) is 0. The first-order valence-corrected chi connectivity index (χ1v) is 10.2. The predicted octanol–water partition coefficient (Wildman–Crippen LogP) is 2.85. The quantitative estimate of drug-likeness (QED) is 0.642. The summed E-state index contributed by atoms with van der Waals surface area (Å²) in [5.41, 5.74) is 2.58. The Morgan fingerprint density at radius 3 is 2.35 bits per heavy atom. The Bertz CT molecular complexity index is 570. The second-order valence-corrected chi connectivity index (χ2v) is 7.72. The molecule has 0 bridgehead atoms. The molecule has 2 aliphatic heterocycles. The summed E-state index contributed by atoms with van der Waals surface area (Å²) < 4.78 is 0. The molecule has 5 heteroatoms. The summed E-state index contributed by atoms with van der Waals surface area (Å²) >= 11 is 0. The topological polar surface area (TPSA) is 51.1 Å². The van der Waals surface area contributed by atoms with Crippen LogP contribution in [0, 0.1) is 5.92 Å². The highest BCUT2D eigenvalue weighted by Crippen LogP contribution is 2.23. The van der Waals surface area contributed by atoms with Gasteiger partial charge in [-0.15, -0.1) is 0 Å². The van der Waals surface area contributed by atoms with E-state index in [0.717, 1.165) is 44.4 Å².